The second-order valence-corrected chi connectivity index (χ2v) is 6.99. The SMILES string of the molecule is O=C(COC(=O)CCNc1ncccn1)Nc1cc(-c2ccccc2)nn1-c1ccccc1. The molecule has 4 aromatic rings. The number of hydrogen-bond acceptors (Lipinski definition) is 7. The van der Waals surface area contributed by atoms with E-state index in [-0.39, 0.29) is 6.42 Å². The van der Waals surface area contributed by atoms with E-state index in [4.69, 9.17) is 4.74 Å². The van der Waals surface area contributed by atoms with Crippen molar-refractivity contribution >= 4 is 23.6 Å². The lowest BCUT2D eigenvalue weighted by molar-refractivity contribution is -0.147. The molecule has 2 aromatic heterocycles. The predicted octanol–water partition coefficient (Wildman–Crippen LogP) is 3.31. The van der Waals surface area contributed by atoms with Gasteiger partial charge in [0, 0.05) is 30.6 Å². The molecule has 0 spiro atoms. The van der Waals surface area contributed by atoms with Crippen LogP contribution in [0.5, 0.6) is 0 Å². The van der Waals surface area contributed by atoms with Gasteiger partial charge in [0.25, 0.3) is 5.91 Å². The molecule has 0 radical (unpaired) electrons. The summed E-state index contributed by atoms with van der Waals surface area (Å²) in [6.45, 7) is -0.104. The molecule has 166 valence electrons. The lowest BCUT2D eigenvalue weighted by Gasteiger charge is -2.09. The van der Waals surface area contributed by atoms with Crippen LogP contribution in [0.3, 0.4) is 0 Å². The zero-order valence-electron chi connectivity index (χ0n) is 17.7. The number of esters is 1. The van der Waals surface area contributed by atoms with E-state index in [1.807, 2.05) is 60.7 Å². The minimum Gasteiger partial charge on any atom is -0.456 e. The van der Waals surface area contributed by atoms with Crippen LogP contribution in [0.15, 0.2) is 85.2 Å². The maximum absolute atomic E-state index is 12.5. The van der Waals surface area contributed by atoms with Crippen LogP contribution in [0.4, 0.5) is 11.8 Å². The topological polar surface area (TPSA) is 111 Å². The highest BCUT2D eigenvalue weighted by molar-refractivity contribution is 5.93. The third kappa shape index (κ3) is 6.01. The summed E-state index contributed by atoms with van der Waals surface area (Å²) in [5, 5.41) is 10.3. The van der Waals surface area contributed by atoms with E-state index >= 15 is 0 Å². The van der Waals surface area contributed by atoms with E-state index in [0.717, 1.165) is 11.3 Å². The summed E-state index contributed by atoms with van der Waals surface area (Å²) in [6.07, 6.45) is 3.27. The number of carbonyl (C=O) groups excluding carboxylic acids is 2. The number of nitrogens with zero attached hydrogens (tertiary/aromatic N) is 4. The monoisotopic (exact) mass is 442 g/mol. The number of hydrogen-bond donors (Lipinski definition) is 2. The van der Waals surface area contributed by atoms with Crippen molar-refractivity contribution in [1.29, 1.82) is 0 Å². The Labute approximate surface area is 190 Å². The number of aromatic nitrogens is 4. The van der Waals surface area contributed by atoms with Gasteiger partial charge in [-0.25, -0.2) is 14.6 Å². The fourth-order valence-corrected chi connectivity index (χ4v) is 3.05. The predicted molar refractivity (Wildman–Crippen MR) is 124 cm³/mol. The van der Waals surface area contributed by atoms with Crippen LogP contribution < -0.4 is 10.6 Å². The maximum Gasteiger partial charge on any atom is 0.308 e. The van der Waals surface area contributed by atoms with Crippen LogP contribution in [0.25, 0.3) is 16.9 Å². The van der Waals surface area contributed by atoms with Crippen molar-refractivity contribution in [2.24, 2.45) is 0 Å². The molecule has 0 aliphatic heterocycles. The third-order valence-electron chi connectivity index (χ3n) is 4.59. The number of anilines is 2. The molecule has 0 aliphatic rings. The van der Waals surface area contributed by atoms with E-state index in [2.05, 4.69) is 25.7 Å². The normalized spacial score (nSPS) is 10.4. The molecule has 1 amide bonds. The minimum absolute atomic E-state index is 0.0750. The van der Waals surface area contributed by atoms with E-state index in [1.54, 1.807) is 29.2 Å². The zero-order valence-corrected chi connectivity index (χ0v) is 17.7. The summed E-state index contributed by atoms with van der Waals surface area (Å²) < 4.78 is 6.73. The highest BCUT2D eigenvalue weighted by Gasteiger charge is 2.15. The summed E-state index contributed by atoms with van der Waals surface area (Å²) >= 11 is 0. The summed E-state index contributed by atoms with van der Waals surface area (Å²) in [6, 6.07) is 22.6. The smallest absolute Gasteiger partial charge is 0.308 e. The Kier molecular flexibility index (Phi) is 7.01. The van der Waals surface area contributed by atoms with Gasteiger partial charge in [-0.2, -0.15) is 5.10 Å². The molecule has 9 heteroatoms. The standard InChI is InChI=1S/C24H22N6O3/c31-22(17-33-23(32)12-15-27-24-25-13-7-14-26-24)28-21-16-20(18-8-3-1-4-9-18)29-30(21)19-10-5-2-6-11-19/h1-11,13-14,16H,12,15,17H2,(H,28,31)(H,25,26,27). The third-order valence-corrected chi connectivity index (χ3v) is 4.59. The molecule has 9 nitrogen and oxygen atoms in total. The Morgan fingerprint density at radius 3 is 2.33 bits per heavy atom. The Hall–Kier alpha value is -4.53. The van der Waals surface area contributed by atoms with Gasteiger partial charge in [0.15, 0.2) is 6.61 Å². The van der Waals surface area contributed by atoms with Crippen molar-refractivity contribution in [3.8, 4) is 16.9 Å². The summed E-state index contributed by atoms with van der Waals surface area (Å²) in [5.41, 5.74) is 2.42. The van der Waals surface area contributed by atoms with Gasteiger partial charge < -0.3 is 15.4 Å². The second-order valence-electron chi connectivity index (χ2n) is 6.99. The Morgan fingerprint density at radius 1 is 0.909 bits per heavy atom. The first kappa shape index (κ1) is 21.7. The lowest BCUT2D eigenvalue weighted by Crippen LogP contribution is -2.23. The molecule has 0 unspecified atom stereocenters. The van der Waals surface area contributed by atoms with Gasteiger partial charge >= 0.3 is 5.97 Å². The van der Waals surface area contributed by atoms with Gasteiger partial charge in [-0.1, -0.05) is 48.5 Å². The molecule has 0 fully saturated rings. The van der Waals surface area contributed by atoms with Crippen LogP contribution in [0.2, 0.25) is 0 Å². The maximum atomic E-state index is 12.5. The Balaban J connectivity index is 1.36. The largest absolute Gasteiger partial charge is 0.456 e. The van der Waals surface area contributed by atoms with E-state index < -0.39 is 18.5 Å². The van der Waals surface area contributed by atoms with Crippen molar-refractivity contribution < 1.29 is 14.3 Å². The van der Waals surface area contributed by atoms with E-state index in [1.165, 1.54) is 0 Å². The first-order chi connectivity index (χ1) is 16.2. The second kappa shape index (κ2) is 10.7. The van der Waals surface area contributed by atoms with Gasteiger partial charge in [-0.05, 0) is 18.2 Å². The molecule has 0 atom stereocenters. The number of nitrogens with one attached hydrogen (secondary N) is 2. The van der Waals surface area contributed by atoms with Crippen molar-refractivity contribution in [2.75, 3.05) is 23.8 Å². The fourth-order valence-electron chi connectivity index (χ4n) is 3.05. The van der Waals surface area contributed by atoms with E-state index in [0.29, 0.717) is 24.0 Å². The molecule has 0 bridgehead atoms. The van der Waals surface area contributed by atoms with Crippen molar-refractivity contribution in [2.45, 2.75) is 6.42 Å². The quantitative estimate of drug-likeness (QED) is 0.383. The molecule has 2 heterocycles. The zero-order chi connectivity index (χ0) is 22.9. The number of amides is 1. The Bertz CT molecular complexity index is 1200. The van der Waals surface area contributed by atoms with Gasteiger partial charge in [0.1, 0.15) is 5.82 Å². The van der Waals surface area contributed by atoms with Crippen molar-refractivity contribution in [3.63, 3.8) is 0 Å². The number of carbonyl (C=O) groups is 2. The van der Waals surface area contributed by atoms with Crippen molar-refractivity contribution in [1.82, 2.24) is 19.7 Å². The molecule has 2 N–H and O–H groups in total. The molecule has 2 aromatic carbocycles. The molecule has 0 saturated carbocycles. The van der Waals surface area contributed by atoms with Gasteiger partial charge in [-0.15, -0.1) is 0 Å². The van der Waals surface area contributed by atoms with Gasteiger partial charge in [0.05, 0.1) is 17.8 Å². The number of ether oxygens (including phenoxy) is 1. The summed E-state index contributed by atoms with van der Waals surface area (Å²) in [7, 11) is 0. The van der Waals surface area contributed by atoms with Crippen LogP contribution in [-0.2, 0) is 14.3 Å². The van der Waals surface area contributed by atoms with Crippen LogP contribution >= 0.6 is 0 Å². The summed E-state index contributed by atoms with van der Waals surface area (Å²) in [4.78, 5) is 32.5. The van der Waals surface area contributed by atoms with E-state index in [9.17, 15) is 9.59 Å². The first-order valence-electron chi connectivity index (χ1n) is 10.4. The number of rotatable bonds is 9. The minimum atomic E-state index is -0.505. The molecule has 4 rings (SSSR count). The number of para-hydroxylation sites is 1. The highest BCUT2D eigenvalue weighted by atomic mass is 16.5. The van der Waals surface area contributed by atoms with Crippen LogP contribution in [-0.4, -0.2) is 44.8 Å². The average Bonchev–Trinajstić information content (AvgIpc) is 3.28. The summed E-state index contributed by atoms with van der Waals surface area (Å²) in [5.74, 6) is -0.0649. The van der Waals surface area contributed by atoms with Crippen molar-refractivity contribution in [3.05, 3.63) is 85.2 Å². The molecule has 0 aliphatic carbocycles. The van der Waals surface area contributed by atoms with Gasteiger partial charge in [0.2, 0.25) is 5.95 Å². The molecule has 33 heavy (non-hydrogen) atoms. The molecule has 0 saturated heterocycles. The van der Waals surface area contributed by atoms with Crippen LogP contribution in [0.1, 0.15) is 6.42 Å². The van der Waals surface area contributed by atoms with Crippen LogP contribution in [0, 0.1) is 0 Å². The van der Waals surface area contributed by atoms with Gasteiger partial charge in [-0.3, -0.25) is 9.59 Å². The lowest BCUT2D eigenvalue weighted by atomic mass is 10.2. The molecular formula is C24H22N6O3. The Morgan fingerprint density at radius 2 is 1.61 bits per heavy atom. The average molecular weight is 442 g/mol. The first-order valence-corrected chi connectivity index (χ1v) is 10.4. The number of benzene rings is 2. The highest BCUT2D eigenvalue weighted by Crippen LogP contribution is 2.24. The molecular weight excluding hydrogens is 420 g/mol. The fraction of sp³-hybridized carbons (Fsp3) is 0.125.